The Morgan fingerprint density at radius 3 is 2.90 bits per heavy atom. The molecule has 5 heteroatoms. The van der Waals surface area contributed by atoms with Gasteiger partial charge in [-0.05, 0) is 28.9 Å². The molecule has 1 aromatic heterocycles. The highest BCUT2D eigenvalue weighted by atomic mass is 79.9. The van der Waals surface area contributed by atoms with Gasteiger partial charge in [0.2, 0.25) is 0 Å². The highest BCUT2D eigenvalue weighted by Gasteiger charge is 2.10. The van der Waals surface area contributed by atoms with Crippen molar-refractivity contribution in [2.75, 3.05) is 40.0 Å². The van der Waals surface area contributed by atoms with E-state index in [2.05, 4.69) is 37.7 Å². The lowest BCUT2D eigenvalue weighted by Gasteiger charge is -2.24. The molecule has 1 aliphatic heterocycles. The second-order valence-corrected chi connectivity index (χ2v) is 5.51. The molecule has 108 valence electrons. The molecule has 0 aromatic carbocycles. The number of pyridine rings is 1. The van der Waals surface area contributed by atoms with E-state index in [0.29, 0.717) is 0 Å². The van der Waals surface area contributed by atoms with Crippen LogP contribution in [0.25, 0.3) is 0 Å². The van der Waals surface area contributed by atoms with E-state index in [1.807, 2.05) is 13.0 Å². The lowest BCUT2D eigenvalue weighted by Crippen LogP contribution is -2.36. The average molecular weight is 339 g/mol. The van der Waals surface area contributed by atoms with Crippen molar-refractivity contribution in [3.63, 3.8) is 0 Å². The zero-order valence-corrected chi connectivity index (χ0v) is 13.4. The third-order valence-corrected chi connectivity index (χ3v) is 3.88. The molecule has 0 N–H and O–H groups in total. The van der Waals surface area contributed by atoms with Gasteiger partial charge in [0.15, 0.2) is 0 Å². The fourth-order valence-electron chi connectivity index (χ4n) is 1.94. The lowest BCUT2D eigenvalue weighted by molar-refractivity contribution is 0.0443. The fourth-order valence-corrected chi connectivity index (χ4v) is 2.61. The molecular formula is C15H19BrN2O2. The second-order valence-electron chi connectivity index (χ2n) is 4.66. The Morgan fingerprint density at radius 2 is 2.25 bits per heavy atom. The van der Waals surface area contributed by atoms with Gasteiger partial charge in [-0.3, -0.25) is 9.88 Å². The van der Waals surface area contributed by atoms with Crippen molar-refractivity contribution in [3.8, 4) is 11.8 Å². The fraction of sp³-hybridized carbons (Fsp3) is 0.533. The predicted molar refractivity (Wildman–Crippen MR) is 81.5 cm³/mol. The van der Waals surface area contributed by atoms with Crippen LogP contribution < -0.4 is 0 Å². The molecular weight excluding hydrogens is 320 g/mol. The number of halogens is 1. The summed E-state index contributed by atoms with van der Waals surface area (Å²) in [4.78, 5) is 6.70. The van der Waals surface area contributed by atoms with Crippen LogP contribution in [0.4, 0.5) is 0 Å². The molecule has 0 unspecified atom stereocenters. The minimum Gasteiger partial charge on any atom is -0.379 e. The van der Waals surface area contributed by atoms with Gasteiger partial charge in [-0.25, -0.2) is 0 Å². The largest absolute Gasteiger partial charge is 0.379 e. The molecule has 0 bridgehead atoms. The molecule has 0 amide bonds. The third-order valence-electron chi connectivity index (χ3n) is 3.25. The molecule has 0 radical (unpaired) electrons. The van der Waals surface area contributed by atoms with E-state index >= 15 is 0 Å². The van der Waals surface area contributed by atoms with Gasteiger partial charge < -0.3 is 9.47 Å². The SMILES string of the molecule is CO[C@@H](C)c1ncc(C#CCN2CCOCC2)cc1Br. The number of morpholine rings is 1. The number of nitrogens with zero attached hydrogens (tertiary/aromatic N) is 2. The van der Waals surface area contributed by atoms with Gasteiger partial charge in [0.25, 0.3) is 0 Å². The molecule has 1 saturated heterocycles. The van der Waals surface area contributed by atoms with E-state index in [1.54, 1.807) is 13.3 Å². The Hall–Kier alpha value is -0.930. The maximum absolute atomic E-state index is 5.31. The maximum Gasteiger partial charge on any atom is 0.0974 e. The van der Waals surface area contributed by atoms with Crippen LogP contribution in [0.3, 0.4) is 0 Å². The predicted octanol–water partition coefficient (Wildman–Crippen LogP) is 2.24. The number of methoxy groups -OCH3 is 1. The van der Waals surface area contributed by atoms with Crippen LogP contribution in [0.15, 0.2) is 16.7 Å². The second kappa shape index (κ2) is 7.75. The number of ether oxygens (including phenoxy) is 2. The Kier molecular flexibility index (Phi) is 5.99. The van der Waals surface area contributed by atoms with Crippen molar-refractivity contribution in [1.82, 2.24) is 9.88 Å². The summed E-state index contributed by atoms with van der Waals surface area (Å²) >= 11 is 3.52. The Bertz CT molecular complexity index is 504. The molecule has 0 spiro atoms. The normalized spacial score (nSPS) is 17.4. The Balaban J connectivity index is 1.98. The minimum atomic E-state index is -0.0280. The Labute approximate surface area is 128 Å². The van der Waals surface area contributed by atoms with E-state index in [1.165, 1.54) is 0 Å². The van der Waals surface area contributed by atoms with Gasteiger partial charge >= 0.3 is 0 Å². The minimum absolute atomic E-state index is 0.0280. The first-order valence-electron chi connectivity index (χ1n) is 6.68. The first-order valence-corrected chi connectivity index (χ1v) is 7.47. The molecule has 0 saturated carbocycles. The van der Waals surface area contributed by atoms with Crippen LogP contribution >= 0.6 is 15.9 Å². The van der Waals surface area contributed by atoms with Gasteiger partial charge in [-0.1, -0.05) is 11.8 Å². The highest BCUT2D eigenvalue weighted by Crippen LogP contribution is 2.23. The molecule has 20 heavy (non-hydrogen) atoms. The van der Waals surface area contributed by atoms with Crippen molar-refractivity contribution < 1.29 is 9.47 Å². The first kappa shape index (κ1) is 15.5. The van der Waals surface area contributed by atoms with Crippen molar-refractivity contribution in [1.29, 1.82) is 0 Å². The van der Waals surface area contributed by atoms with Gasteiger partial charge in [0, 0.05) is 36.4 Å². The number of hydrogen-bond acceptors (Lipinski definition) is 4. The van der Waals surface area contributed by atoms with E-state index in [4.69, 9.17) is 9.47 Å². The molecule has 2 rings (SSSR count). The average Bonchev–Trinajstić information content (AvgIpc) is 2.48. The van der Waals surface area contributed by atoms with Crippen molar-refractivity contribution in [2.24, 2.45) is 0 Å². The van der Waals surface area contributed by atoms with Gasteiger partial charge in [0.05, 0.1) is 31.6 Å². The van der Waals surface area contributed by atoms with E-state index in [9.17, 15) is 0 Å². The lowest BCUT2D eigenvalue weighted by atomic mass is 10.2. The molecule has 2 heterocycles. The number of hydrogen-bond donors (Lipinski definition) is 0. The smallest absolute Gasteiger partial charge is 0.0974 e. The number of rotatable bonds is 3. The molecule has 4 nitrogen and oxygen atoms in total. The Morgan fingerprint density at radius 1 is 1.50 bits per heavy atom. The summed E-state index contributed by atoms with van der Waals surface area (Å²) in [7, 11) is 1.68. The molecule has 1 fully saturated rings. The molecule has 1 aromatic rings. The summed E-state index contributed by atoms with van der Waals surface area (Å²) < 4.78 is 11.5. The standard InChI is InChI=1S/C15H19BrN2O2/c1-12(19-2)15-14(16)10-13(11-17-15)4-3-5-18-6-8-20-9-7-18/h10-12H,5-9H2,1-2H3/t12-/m0/s1. The van der Waals surface area contributed by atoms with Crippen molar-refractivity contribution in [2.45, 2.75) is 13.0 Å². The van der Waals surface area contributed by atoms with Crippen molar-refractivity contribution in [3.05, 3.63) is 28.0 Å². The molecule has 0 aliphatic carbocycles. The van der Waals surface area contributed by atoms with Crippen LogP contribution in [0.5, 0.6) is 0 Å². The zero-order chi connectivity index (χ0) is 14.4. The van der Waals surface area contributed by atoms with E-state index < -0.39 is 0 Å². The van der Waals surface area contributed by atoms with Gasteiger partial charge in [-0.2, -0.15) is 0 Å². The summed E-state index contributed by atoms with van der Waals surface area (Å²) in [6.07, 6.45) is 1.77. The zero-order valence-electron chi connectivity index (χ0n) is 11.9. The monoisotopic (exact) mass is 338 g/mol. The number of aromatic nitrogens is 1. The third kappa shape index (κ3) is 4.29. The van der Waals surface area contributed by atoms with Crippen LogP contribution in [-0.4, -0.2) is 49.8 Å². The molecule has 1 aliphatic rings. The van der Waals surface area contributed by atoms with Crippen molar-refractivity contribution >= 4 is 15.9 Å². The van der Waals surface area contributed by atoms with E-state index in [0.717, 1.165) is 48.6 Å². The highest BCUT2D eigenvalue weighted by molar-refractivity contribution is 9.10. The topological polar surface area (TPSA) is 34.6 Å². The summed E-state index contributed by atoms with van der Waals surface area (Å²) in [6, 6.07) is 1.99. The van der Waals surface area contributed by atoms with Crippen LogP contribution in [0.1, 0.15) is 24.3 Å². The van der Waals surface area contributed by atoms with Crippen LogP contribution in [0, 0.1) is 11.8 Å². The van der Waals surface area contributed by atoms with E-state index in [-0.39, 0.29) is 6.10 Å². The van der Waals surface area contributed by atoms with Gasteiger partial charge in [0.1, 0.15) is 0 Å². The quantitative estimate of drug-likeness (QED) is 0.791. The summed E-state index contributed by atoms with van der Waals surface area (Å²) in [5, 5.41) is 0. The summed E-state index contributed by atoms with van der Waals surface area (Å²) in [6.45, 7) is 6.27. The first-order chi connectivity index (χ1) is 9.70. The van der Waals surface area contributed by atoms with Crippen LogP contribution in [0.2, 0.25) is 0 Å². The van der Waals surface area contributed by atoms with Crippen LogP contribution in [-0.2, 0) is 9.47 Å². The van der Waals surface area contributed by atoms with Gasteiger partial charge in [-0.15, -0.1) is 0 Å². The summed E-state index contributed by atoms with van der Waals surface area (Å²) in [5.41, 5.74) is 1.81. The summed E-state index contributed by atoms with van der Waals surface area (Å²) in [5.74, 6) is 6.34. The maximum atomic E-state index is 5.31. The molecule has 1 atom stereocenters.